The zero-order valence-electron chi connectivity index (χ0n) is 34.0. The van der Waals surface area contributed by atoms with Crippen LogP contribution in [0.15, 0.2) is 48.9 Å². The number of nitrogens with one attached hydrogen (secondary N) is 4. The first-order chi connectivity index (χ1) is 29.7. The third-order valence-electron chi connectivity index (χ3n) is 11.7. The van der Waals surface area contributed by atoms with Crippen molar-refractivity contribution in [3.63, 3.8) is 0 Å². The second kappa shape index (κ2) is 17.8. The lowest BCUT2D eigenvalue weighted by Crippen LogP contribution is -2.52. The molecule has 8 rings (SSSR count). The number of ether oxygens (including phenoxy) is 2. The molecule has 4 N–H and O–H groups in total. The molecule has 2 aromatic carbocycles. The van der Waals surface area contributed by atoms with E-state index in [4.69, 9.17) is 14.5 Å². The molecule has 0 spiro atoms. The summed E-state index contributed by atoms with van der Waals surface area (Å²) in [7, 11) is 1.53. The van der Waals surface area contributed by atoms with Crippen molar-refractivity contribution in [1.82, 2.24) is 35.1 Å². The van der Waals surface area contributed by atoms with Gasteiger partial charge in [-0.25, -0.2) is 9.97 Å². The Bertz CT molecular complexity index is 2420. The number of rotatable bonds is 15. The molecule has 18 nitrogen and oxygen atoms in total. The van der Waals surface area contributed by atoms with E-state index in [9.17, 15) is 29.2 Å². The number of piperidine rings is 1. The van der Waals surface area contributed by atoms with Gasteiger partial charge < -0.3 is 35.2 Å². The number of hydrogen-bond acceptors (Lipinski definition) is 13. The second-order valence-corrected chi connectivity index (χ2v) is 15.5. The summed E-state index contributed by atoms with van der Waals surface area (Å²) in [5, 5.41) is 21.1. The summed E-state index contributed by atoms with van der Waals surface area (Å²) < 4.78 is 13.2. The van der Waals surface area contributed by atoms with E-state index in [1.54, 1.807) is 48.9 Å². The molecule has 1 aliphatic carbocycles. The van der Waals surface area contributed by atoms with Gasteiger partial charge in [0.05, 0.1) is 30.7 Å². The number of nitriles is 1. The normalized spacial score (nSPS) is 18.2. The summed E-state index contributed by atoms with van der Waals surface area (Å²) in [6, 6.07) is 11.9. The minimum absolute atomic E-state index is 0.0534. The predicted octanol–water partition coefficient (Wildman–Crippen LogP) is 4.43. The molecule has 0 radical (unpaired) electrons. The Kier molecular flexibility index (Phi) is 11.9. The first-order valence-corrected chi connectivity index (χ1v) is 20.7. The fourth-order valence-electron chi connectivity index (χ4n) is 8.76. The van der Waals surface area contributed by atoms with E-state index in [0.717, 1.165) is 49.3 Å². The zero-order chi connectivity index (χ0) is 42.6. The van der Waals surface area contributed by atoms with Gasteiger partial charge in [-0.1, -0.05) is 25.8 Å². The zero-order valence-corrected chi connectivity index (χ0v) is 34.0. The maximum Gasteiger partial charge on any atom is 0.255 e. The highest BCUT2D eigenvalue weighted by Crippen LogP contribution is 2.45. The molecule has 0 bridgehead atoms. The molecule has 18 heteroatoms. The molecule has 316 valence electrons. The van der Waals surface area contributed by atoms with Crippen LogP contribution in [0.2, 0.25) is 0 Å². The molecule has 2 aromatic heterocycles. The van der Waals surface area contributed by atoms with Gasteiger partial charge in [-0.15, -0.1) is 0 Å². The lowest BCUT2D eigenvalue weighted by molar-refractivity contribution is -0.137. The standard InChI is InChI=1S/C43H47N11O7/c1-3-32-38-31(20-44)47-24-53(38)34-21-46-43(51-39(34)54(32)26-9-4-5-10-26)49-30-14-13-25(19-35(30)60-2)40(57)45-17-6-7-18-61-23-37(56)48-29-12-8-11-27-28(29)22-52(42(27)59)33-15-16-36(55)50-41(33)58/h8,11-14,19,21,24,26,32-33H,3-7,9-10,15-18,22-23H2,1-2H3,(H,45,57)(H,48,56)(H,46,49,51)(H,50,55,58). The molecule has 2 unspecified atom stereocenters. The van der Waals surface area contributed by atoms with Gasteiger partial charge in [0, 0.05) is 54.5 Å². The van der Waals surface area contributed by atoms with Crippen molar-refractivity contribution in [2.24, 2.45) is 0 Å². The first-order valence-electron chi connectivity index (χ1n) is 20.7. The van der Waals surface area contributed by atoms with Crippen LogP contribution in [0.4, 0.5) is 23.1 Å². The van der Waals surface area contributed by atoms with E-state index < -0.39 is 17.9 Å². The first kappa shape index (κ1) is 40.9. The maximum atomic E-state index is 13.1. The molecule has 5 heterocycles. The van der Waals surface area contributed by atoms with Gasteiger partial charge in [-0.05, 0) is 68.9 Å². The van der Waals surface area contributed by atoms with Crippen LogP contribution in [0.3, 0.4) is 0 Å². The van der Waals surface area contributed by atoms with Crippen molar-refractivity contribution in [3.8, 4) is 17.5 Å². The van der Waals surface area contributed by atoms with Crippen molar-refractivity contribution >= 4 is 52.7 Å². The van der Waals surface area contributed by atoms with Crippen LogP contribution < -0.4 is 30.9 Å². The van der Waals surface area contributed by atoms with Gasteiger partial charge in [0.25, 0.3) is 11.8 Å². The number of anilines is 4. The van der Waals surface area contributed by atoms with Gasteiger partial charge >= 0.3 is 0 Å². The molecule has 2 fully saturated rings. The Morgan fingerprint density at radius 3 is 2.66 bits per heavy atom. The Morgan fingerprint density at radius 2 is 1.89 bits per heavy atom. The highest BCUT2D eigenvalue weighted by Gasteiger charge is 2.41. The van der Waals surface area contributed by atoms with E-state index in [0.29, 0.717) is 71.5 Å². The molecule has 3 aliphatic heterocycles. The molecule has 4 aromatic rings. The third kappa shape index (κ3) is 8.20. The number of imide groups is 1. The number of aromatic nitrogens is 4. The Hall–Kier alpha value is -6.87. The Balaban J connectivity index is 0.811. The Labute approximate surface area is 352 Å². The van der Waals surface area contributed by atoms with E-state index in [-0.39, 0.29) is 55.8 Å². The molecule has 61 heavy (non-hydrogen) atoms. The van der Waals surface area contributed by atoms with Crippen LogP contribution >= 0.6 is 0 Å². The maximum absolute atomic E-state index is 13.1. The summed E-state index contributed by atoms with van der Waals surface area (Å²) in [6.07, 6.45) is 10.2. The highest BCUT2D eigenvalue weighted by molar-refractivity contribution is 6.07. The largest absolute Gasteiger partial charge is 0.495 e. The summed E-state index contributed by atoms with van der Waals surface area (Å²) in [5.74, 6) is -0.251. The van der Waals surface area contributed by atoms with E-state index in [1.165, 1.54) is 12.0 Å². The highest BCUT2D eigenvalue weighted by atomic mass is 16.5. The van der Waals surface area contributed by atoms with Gasteiger partial charge in [0.1, 0.15) is 36.5 Å². The fourth-order valence-corrected chi connectivity index (χ4v) is 8.76. The average molecular weight is 830 g/mol. The minimum Gasteiger partial charge on any atom is -0.495 e. The number of carbonyl (C=O) groups is 5. The van der Waals surface area contributed by atoms with Gasteiger partial charge in [-0.2, -0.15) is 10.2 Å². The van der Waals surface area contributed by atoms with Crippen molar-refractivity contribution < 1.29 is 33.4 Å². The van der Waals surface area contributed by atoms with Gasteiger partial charge in [0.2, 0.25) is 23.7 Å². The lowest BCUT2D eigenvalue weighted by Gasteiger charge is -2.41. The van der Waals surface area contributed by atoms with Gasteiger partial charge in [0.15, 0.2) is 11.5 Å². The minimum atomic E-state index is -0.750. The average Bonchev–Trinajstić information content (AvgIpc) is 4.03. The van der Waals surface area contributed by atoms with Crippen LogP contribution in [-0.2, 0) is 25.7 Å². The lowest BCUT2D eigenvalue weighted by atomic mass is 10.0. The number of nitrogens with zero attached hydrogens (tertiary/aromatic N) is 7. The number of imidazole rings is 1. The van der Waals surface area contributed by atoms with Gasteiger partial charge in [-0.3, -0.25) is 33.9 Å². The number of carbonyl (C=O) groups excluding carboxylic acids is 5. The number of fused-ring (bicyclic) bond motifs is 4. The van der Waals surface area contributed by atoms with Crippen molar-refractivity contribution in [3.05, 3.63) is 77.0 Å². The summed E-state index contributed by atoms with van der Waals surface area (Å²) >= 11 is 0. The monoisotopic (exact) mass is 829 g/mol. The molecule has 1 saturated heterocycles. The second-order valence-electron chi connectivity index (χ2n) is 15.5. The number of amides is 5. The van der Waals surface area contributed by atoms with Crippen LogP contribution in [0.25, 0.3) is 5.69 Å². The molecule has 1 saturated carbocycles. The van der Waals surface area contributed by atoms with Crippen molar-refractivity contribution in [1.29, 1.82) is 5.26 Å². The smallest absolute Gasteiger partial charge is 0.255 e. The number of unbranched alkanes of at least 4 members (excludes halogenated alkanes) is 1. The number of benzene rings is 2. The summed E-state index contributed by atoms with van der Waals surface area (Å²) in [6.45, 7) is 2.73. The van der Waals surface area contributed by atoms with Crippen molar-refractivity contribution in [2.75, 3.05) is 42.4 Å². The van der Waals surface area contributed by atoms with Crippen molar-refractivity contribution in [2.45, 2.75) is 89.4 Å². The van der Waals surface area contributed by atoms with Crippen LogP contribution in [0, 0.1) is 11.3 Å². The molecule has 4 aliphatic rings. The summed E-state index contributed by atoms with van der Waals surface area (Å²) in [4.78, 5) is 80.7. The molecular formula is C43H47N11O7. The van der Waals surface area contributed by atoms with E-state index >= 15 is 0 Å². The number of methoxy groups -OCH3 is 1. The van der Waals surface area contributed by atoms with Crippen LogP contribution in [-0.4, -0.2) is 92.9 Å². The fraction of sp³-hybridized carbons (Fsp3) is 0.419. The van der Waals surface area contributed by atoms with Crippen LogP contribution in [0.1, 0.15) is 108 Å². The molecule has 2 atom stereocenters. The predicted molar refractivity (Wildman–Crippen MR) is 221 cm³/mol. The molecule has 5 amide bonds. The Morgan fingerprint density at radius 1 is 1.05 bits per heavy atom. The SMILES string of the molecule is CCC1c2c(C#N)ncn2-c2cnc(Nc3ccc(C(=O)NCCCCOCC(=O)Nc4cccc5c4CN(C4CCC(=O)NC4=O)C5=O)cc3OC)nc2N1C1CCCC1. The quantitative estimate of drug-likeness (QED) is 0.0963. The van der Waals surface area contributed by atoms with Crippen LogP contribution in [0.5, 0.6) is 5.75 Å². The summed E-state index contributed by atoms with van der Waals surface area (Å²) in [5.41, 5.74) is 4.54. The third-order valence-corrected chi connectivity index (χ3v) is 11.7. The molecular weight excluding hydrogens is 783 g/mol. The van der Waals surface area contributed by atoms with E-state index in [2.05, 4.69) is 49.1 Å². The van der Waals surface area contributed by atoms with E-state index in [1.807, 2.05) is 4.57 Å². The number of hydrogen-bond donors (Lipinski definition) is 4. The topological polar surface area (TPSA) is 226 Å².